The van der Waals surface area contributed by atoms with E-state index in [9.17, 15) is 8.42 Å². The Morgan fingerprint density at radius 3 is 2.75 bits per heavy atom. The van der Waals surface area contributed by atoms with E-state index in [2.05, 4.69) is 23.1 Å². The first-order valence-electron chi connectivity index (χ1n) is 7.11. The van der Waals surface area contributed by atoms with Crippen LogP contribution in [0.15, 0.2) is 24.3 Å². The molecular formula is C15H23NO3S. The Bertz CT molecular complexity index is 542. The van der Waals surface area contributed by atoms with Crippen LogP contribution in [-0.2, 0) is 16.3 Å². The molecule has 0 amide bonds. The van der Waals surface area contributed by atoms with Crippen LogP contribution >= 0.6 is 0 Å². The van der Waals surface area contributed by atoms with E-state index in [1.54, 1.807) is 0 Å². The highest BCUT2D eigenvalue weighted by molar-refractivity contribution is 7.90. The zero-order chi connectivity index (χ0) is 14.6. The molecule has 0 bridgehead atoms. The van der Waals surface area contributed by atoms with Crippen LogP contribution in [0, 0.1) is 0 Å². The van der Waals surface area contributed by atoms with Gasteiger partial charge in [0, 0.05) is 32.0 Å². The maximum Gasteiger partial charge on any atom is 0.148 e. The third-order valence-electron chi connectivity index (χ3n) is 3.89. The maximum absolute atomic E-state index is 11.4. The smallest absolute Gasteiger partial charge is 0.148 e. The average molecular weight is 297 g/mol. The van der Waals surface area contributed by atoms with Gasteiger partial charge in [0.15, 0.2) is 0 Å². The van der Waals surface area contributed by atoms with Gasteiger partial charge in [-0.3, -0.25) is 4.90 Å². The second-order valence-electron chi connectivity index (χ2n) is 5.50. The van der Waals surface area contributed by atoms with Crippen molar-refractivity contribution in [3.05, 3.63) is 35.4 Å². The fourth-order valence-electron chi connectivity index (χ4n) is 2.89. The molecule has 1 aromatic carbocycles. The monoisotopic (exact) mass is 297 g/mol. The maximum atomic E-state index is 11.4. The summed E-state index contributed by atoms with van der Waals surface area (Å²) in [5.74, 6) is 0.178. The molecule has 0 saturated heterocycles. The van der Waals surface area contributed by atoms with Gasteiger partial charge in [-0.15, -0.1) is 0 Å². The summed E-state index contributed by atoms with van der Waals surface area (Å²) >= 11 is 0. The van der Waals surface area contributed by atoms with Gasteiger partial charge in [0.2, 0.25) is 0 Å². The third-order valence-corrected chi connectivity index (χ3v) is 4.82. The molecule has 0 saturated carbocycles. The van der Waals surface area contributed by atoms with Crippen LogP contribution < -0.4 is 0 Å². The van der Waals surface area contributed by atoms with Crippen molar-refractivity contribution in [1.29, 1.82) is 0 Å². The van der Waals surface area contributed by atoms with Gasteiger partial charge in [-0.05, 0) is 30.4 Å². The summed E-state index contributed by atoms with van der Waals surface area (Å²) in [6, 6.07) is 8.67. The van der Waals surface area contributed by atoms with Crippen LogP contribution in [-0.4, -0.2) is 50.1 Å². The van der Waals surface area contributed by atoms with Crippen LogP contribution in [0.3, 0.4) is 0 Å². The van der Waals surface area contributed by atoms with E-state index in [4.69, 9.17) is 5.11 Å². The number of hydrogen-bond acceptors (Lipinski definition) is 4. The van der Waals surface area contributed by atoms with Gasteiger partial charge in [0.05, 0.1) is 5.75 Å². The fraction of sp³-hybridized carbons (Fsp3) is 0.600. The van der Waals surface area contributed by atoms with E-state index in [-0.39, 0.29) is 12.4 Å². The molecule has 0 unspecified atom stereocenters. The second kappa shape index (κ2) is 6.70. The average Bonchev–Trinajstić information content (AvgIpc) is 2.82. The van der Waals surface area contributed by atoms with E-state index < -0.39 is 9.84 Å². The number of aliphatic hydroxyl groups excluding tert-OH is 1. The van der Waals surface area contributed by atoms with E-state index in [1.165, 1.54) is 17.4 Å². The number of sulfone groups is 1. The van der Waals surface area contributed by atoms with Crippen molar-refractivity contribution < 1.29 is 13.5 Å². The molecule has 0 fully saturated rings. The van der Waals surface area contributed by atoms with Crippen molar-refractivity contribution in [2.45, 2.75) is 25.3 Å². The summed E-state index contributed by atoms with van der Waals surface area (Å²) in [4.78, 5) is 2.21. The van der Waals surface area contributed by atoms with Crippen molar-refractivity contribution in [3.63, 3.8) is 0 Å². The Morgan fingerprint density at radius 1 is 1.30 bits per heavy atom. The van der Waals surface area contributed by atoms with Crippen LogP contribution in [0.2, 0.25) is 0 Å². The van der Waals surface area contributed by atoms with Crippen LogP contribution in [0.4, 0.5) is 0 Å². The molecule has 0 spiro atoms. The van der Waals surface area contributed by atoms with Crippen molar-refractivity contribution in [3.8, 4) is 0 Å². The zero-order valence-electron chi connectivity index (χ0n) is 12.0. The Balaban J connectivity index is 2.11. The van der Waals surface area contributed by atoms with E-state index in [1.807, 2.05) is 6.07 Å². The first kappa shape index (κ1) is 15.5. The van der Waals surface area contributed by atoms with Crippen LogP contribution in [0.1, 0.15) is 30.0 Å². The molecule has 1 aromatic rings. The quantitative estimate of drug-likeness (QED) is 0.826. The topological polar surface area (TPSA) is 57.6 Å². The van der Waals surface area contributed by atoms with Gasteiger partial charge in [-0.25, -0.2) is 8.42 Å². The lowest BCUT2D eigenvalue weighted by Gasteiger charge is -2.29. The van der Waals surface area contributed by atoms with E-state index in [0.29, 0.717) is 19.0 Å². The van der Waals surface area contributed by atoms with Gasteiger partial charge in [0.1, 0.15) is 9.84 Å². The second-order valence-corrected chi connectivity index (χ2v) is 7.76. The molecule has 0 radical (unpaired) electrons. The van der Waals surface area contributed by atoms with Gasteiger partial charge < -0.3 is 5.11 Å². The molecular weight excluding hydrogens is 274 g/mol. The normalized spacial score (nSPS) is 18.4. The molecule has 20 heavy (non-hydrogen) atoms. The number of fused-ring (bicyclic) bond motifs is 1. The standard InChI is InChI=1S/C15H23NO3S/c1-20(18,19)12-10-16(9-4-11-17)15-8-7-13-5-2-3-6-14(13)15/h2-3,5-6,15,17H,4,7-12H2,1H3/t15-/m0/s1. The third kappa shape index (κ3) is 4.04. The highest BCUT2D eigenvalue weighted by Gasteiger charge is 2.27. The summed E-state index contributed by atoms with van der Waals surface area (Å²) in [6.07, 6.45) is 4.05. The largest absolute Gasteiger partial charge is 0.396 e. The lowest BCUT2D eigenvalue weighted by molar-refractivity contribution is 0.182. The summed E-state index contributed by atoms with van der Waals surface area (Å²) in [6.45, 7) is 1.42. The van der Waals surface area contributed by atoms with E-state index in [0.717, 1.165) is 19.4 Å². The number of benzene rings is 1. The molecule has 1 atom stereocenters. The first-order chi connectivity index (χ1) is 9.51. The number of rotatable bonds is 7. The molecule has 1 aliphatic rings. The minimum absolute atomic E-state index is 0.143. The first-order valence-corrected chi connectivity index (χ1v) is 9.18. The van der Waals surface area contributed by atoms with Crippen molar-refractivity contribution in [1.82, 2.24) is 4.90 Å². The molecule has 4 nitrogen and oxygen atoms in total. The van der Waals surface area contributed by atoms with Crippen LogP contribution in [0.25, 0.3) is 0 Å². The summed E-state index contributed by atoms with van der Waals surface area (Å²) < 4.78 is 22.8. The van der Waals surface area contributed by atoms with Crippen molar-refractivity contribution in [2.75, 3.05) is 31.7 Å². The van der Waals surface area contributed by atoms with Crippen molar-refractivity contribution in [2.24, 2.45) is 0 Å². The van der Waals surface area contributed by atoms with Gasteiger partial charge in [-0.2, -0.15) is 0 Å². The summed E-state index contributed by atoms with van der Waals surface area (Å²) in [7, 11) is -2.96. The van der Waals surface area contributed by atoms with Gasteiger partial charge in [0.25, 0.3) is 0 Å². The Labute approximate surface area is 121 Å². The number of aryl methyl sites for hydroxylation is 1. The van der Waals surface area contributed by atoms with Crippen LogP contribution in [0.5, 0.6) is 0 Å². The lowest BCUT2D eigenvalue weighted by Crippen LogP contribution is -2.33. The van der Waals surface area contributed by atoms with Gasteiger partial charge in [-0.1, -0.05) is 24.3 Å². The highest BCUT2D eigenvalue weighted by Crippen LogP contribution is 2.35. The molecule has 0 aliphatic heterocycles. The molecule has 112 valence electrons. The SMILES string of the molecule is CS(=O)(=O)CCN(CCCO)[C@H]1CCc2ccccc21. The number of aliphatic hydroxyl groups is 1. The minimum Gasteiger partial charge on any atom is -0.396 e. The molecule has 0 heterocycles. The molecule has 1 N–H and O–H groups in total. The number of hydrogen-bond donors (Lipinski definition) is 1. The Hall–Kier alpha value is -0.910. The predicted molar refractivity (Wildman–Crippen MR) is 80.5 cm³/mol. The molecule has 0 aromatic heterocycles. The lowest BCUT2D eigenvalue weighted by atomic mass is 10.1. The van der Waals surface area contributed by atoms with E-state index >= 15 is 0 Å². The molecule has 2 rings (SSSR count). The molecule has 1 aliphatic carbocycles. The minimum atomic E-state index is -2.96. The summed E-state index contributed by atoms with van der Waals surface area (Å²) in [5.41, 5.74) is 2.68. The molecule has 5 heteroatoms. The van der Waals surface area contributed by atoms with Crippen molar-refractivity contribution >= 4 is 9.84 Å². The Kier molecular flexibility index (Phi) is 5.18. The summed E-state index contributed by atoms with van der Waals surface area (Å²) in [5, 5.41) is 9.04. The zero-order valence-corrected chi connectivity index (χ0v) is 12.8. The number of nitrogens with zero attached hydrogens (tertiary/aromatic N) is 1. The predicted octanol–water partition coefficient (Wildman–Crippen LogP) is 1.40. The Morgan fingerprint density at radius 2 is 2.05 bits per heavy atom. The highest BCUT2D eigenvalue weighted by atomic mass is 32.2. The fourth-order valence-corrected chi connectivity index (χ4v) is 3.46. The van der Waals surface area contributed by atoms with Gasteiger partial charge >= 0.3 is 0 Å².